The van der Waals surface area contributed by atoms with Crippen molar-refractivity contribution < 1.29 is 14.6 Å². The highest BCUT2D eigenvalue weighted by Crippen LogP contribution is 2.16. The van der Waals surface area contributed by atoms with Crippen molar-refractivity contribution in [2.24, 2.45) is 5.92 Å². The molecule has 2 rings (SSSR count). The smallest absolute Gasteiger partial charge is 0.240 e. The van der Waals surface area contributed by atoms with Crippen LogP contribution >= 0.6 is 0 Å². The second kappa shape index (κ2) is 6.68. The lowest BCUT2D eigenvalue weighted by Crippen LogP contribution is -2.53. The Morgan fingerprint density at radius 2 is 2.00 bits per heavy atom. The predicted octanol–water partition coefficient (Wildman–Crippen LogP) is 0.373. The lowest BCUT2D eigenvalue weighted by molar-refractivity contribution is -0.134. The number of nitrogens with zero attached hydrogens (tertiary/aromatic N) is 1. The molecule has 110 valence electrons. The molecule has 0 aliphatic carbocycles. The van der Waals surface area contributed by atoms with Crippen molar-refractivity contribution in [1.29, 1.82) is 0 Å². The maximum atomic E-state index is 12.5. The van der Waals surface area contributed by atoms with E-state index in [-0.39, 0.29) is 24.0 Å². The molecule has 2 fully saturated rings. The van der Waals surface area contributed by atoms with Gasteiger partial charge in [0.05, 0.1) is 12.1 Å². The molecule has 5 heteroatoms. The maximum Gasteiger partial charge on any atom is 0.240 e. The first-order valence-corrected chi connectivity index (χ1v) is 7.38. The summed E-state index contributed by atoms with van der Waals surface area (Å²) in [7, 11) is 0. The lowest BCUT2D eigenvalue weighted by atomic mass is 9.99. The highest BCUT2D eigenvalue weighted by Gasteiger charge is 2.33. The fourth-order valence-corrected chi connectivity index (χ4v) is 2.81. The van der Waals surface area contributed by atoms with Crippen molar-refractivity contribution in [1.82, 2.24) is 10.2 Å². The van der Waals surface area contributed by atoms with E-state index >= 15 is 0 Å². The molecule has 5 nitrogen and oxygen atoms in total. The van der Waals surface area contributed by atoms with Gasteiger partial charge >= 0.3 is 0 Å². The number of carbonyl (C=O) groups is 1. The van der Waals surface area contributed by atoms with E-state index in [1.165, 1.54) is 0 Å². The Morgan fingerprint density at radius 1 is 1.32 bits per heavy atom. The monoisotopic (exact) mass is 270 g/mol. The maximum absolute atomic E-state index is 12.5. The number of hydrogen-bond acceptors (Lipinski definition) is 4. The van der Waals surface area contributed by atoms with E-state index in [0.29, 0.717) is 25.6 Å². The Bertz CT molecular complexity index is 303. The minimum atomic E-state index is -0.347. The van der Waals surface area contributed by atoms with Crippen LogP contribution in [-0.4, -0.2) is 60.4 Å². The van der Waals surface area contributed by atoms with Crippen molar-refractivity contribution >= 4 is 5.91 Å². The number of ether oxygens (including phenoxy) is 1. The highest BCUT2D eigenvalue weighted by atomic mass is 16.5. The Hall–Kier alpha value is -0.650. The quantitative estimate of drug-likeness (QED) is 0.775. The molecule has 0 saturated carbocycles. The van der Waals surface area contributed by atoms with Crippen LogP contribution in [0, 0.1) is 5.92 Å². The van der Waals surface area contributed by atoms with Crippen LogP contribution < -0.4 is 5.32 Å². The molecular formula is C14H26N2O3. The molecule has 0 radical (unpaired) electrons. The summed E-state index contributed by atoms with van der Waals surface area (Å²) < 4.78 is 5.35. The fourth-order valence-electron chi connectivity index (χ4n) is 2.81. The number of aliphatic hydroxyl groups is 1. The van der Waals surface area contributed by atoms with Gasteiger partial charge in [0.2, 0.25) is 5.91 Å². The molecule has 2 aliphatic rings. The predicted molar refractivity (Wildman–Crippen MR) is 72.8 cm³/mol. The van der Waals surface area contributed by atoms with Crippen molar-refractivity contribution in [3.05, 3.63) is 0 Å². The van der Waals surface area contributed by atoms with E-state index in [0.717, 1.165) is 26.1 Å². The van der Waals surface area contributed by atoms with Gasteiger partial charge < -0.3 is 20.1 Å². The summed E-state index contributed by atoms with van der Waals surface area (Å²) in [5, 5.41) is 13.1. The fraction of sp³-hybridized carbons (Fsp3) is 0.929. The normalized spacial score (nSPS) is 26.9. The lowest BCUT2D eigenvalue weighted by Gasteiger charge is -2.32. The first-order chi connectivity index (χ1) is 9.08. The van der Waals surface area contributed by atoms with Crippen LogP contribution in [-0.2, 0) is 9.53 Å². The van der Waals surface area contributed by atoms with Crippen molar-refractivity contribution in [3.8, 4) is 0 Å². The Labute approximate surface area is 115 Å². The Kier molecular flexibility index (Phi) is 5.19. The summed E-state index contributed by atoms with van der Waals surface area (Å²) >= 11 is 0. The highest BCUT2D eigenvalue weighted by molar-refractivity contribution is 5.82. The number of carbonyl (C=O) groups excluding carboxylic acids is 1. The Morgan fingerprint density at radius 3 is 2.53 bits per heavy atom. The zero-order valence-corrected chi connectivity index (χ0v) is 12.0. The number of hydrogen-bond donors (Lipinski definition) is 2. The van der Waals surface area contributed by atoms with Crippen molar-refractivity contribution in [2.45, 2.75) is 51.3 Å². The molecule has 0 aromatic heterocycles. The summed E-state index contributed by atoms with van der Waals surface area (Å²) in [4.78, 5) is 14.3. The third-order valence-corrected chi connectivity index (χ3v) is 4.04. The number of β-amino-alcohol motifs (C(OH)–C–C–N with tert-alkyl or cyclic N) is 1. The summed E-state index contributed by atoms with van der Waals surface area (Å²) in [5.41, 5.74) is 0. The summed E-state index contributed by atoms with van der Waals surface area (Å²) in [6.07, 6.45) is 2.30. The van der Waals surface area contributed by atoms with Crippen LogP contribution in [0.2, 0.25) is 0 Å². The average molecular weight is 270 g/mol. The minimum absolute atomic E-state index is 0.137. The van der Waals surface area contributed by atoms with Gasteiger partial charge in [-0.2, -0.15) is 0 Å². The van der Waals surface area contributed by atoms with Gasteiger partial charge in [0.15, 0.2) is 0 Å². The molecular weight excluding hydrogens is 244 g/mol. The van der Waals surface area contributed by atoms with Crippen LogP contribution in [0.4, 0.5) is 0 Å². The van der Waals surface area contributed by atoms with E-state index in [1.807, 2.05) is 0 Å². The second-order valence-corrected chi connectivity index (χ2v) is 6.00. The first kappa shape index (κ1) is 14.8. The molecule has 2 aliphatic heterocycles. The minimum Gasteiger partial charge on any atom is -0.391 e. The SMILES string of the molecule is CC(C)C(NC1CCOCC1)C(=O)N1CC[C@@H](O)C1. The third kappa shape index (κ3) is 3.91. The van der Waals surface area contributed by atoms with Gasteiger partial charge in [-0.15, -0.1) is 0 Å². The Balaban J connectivity index is 1.92. The molecule has 2 heterocycles. The summed E-state index contributed by atoms with van der Waals surface area (Å²) in [6, 6.07) is 0.228. The van der Waals surface area contributed by atoms with Gasteiger partial charge in [0, 0.05) is 32.3 Å². The van der Waals surface area contributed by atoms with Crippen LogP contribution in [0.5, 0.6) is 0 Å². The molecule has 2 atom stereocenters. The molecule has 0 bridgehead atoms. The van der Waals surface area contributed by atoms with E-state index in [1.54, 1.807) is 4.90 Å². The summed E-state index contributed by atoms with van der Waals surface area (Å²) in [6.45, 7) is 6.86. The molecule has 2 saturated heterocycles. The van der Waals surface area contributed by atoms with Gasteiger partial charge in [-0.05, 0) is 25.2 Å². The van der Waals surface area contributed by atoms with E-state index < -0.39 is 0 Å². The number of aliphatic hydroxyl groups excluding tert-OH is 1. The largest absolute Gasteiger partial charge is 0.391 e. The van der Waals surface area contributed by atoms with Gasteiger partial charge in [0.25, 0.3) is 0 Å². The molecule has 0 aromatic carbocycles. The van der Waals surface area contributed by atoms with E-state index in [2.05, 4.69) is 19.2 Å². The van der Waals surface area contributed by atoms with Crippen LogP contribution in [0.1, 0.15) is 33.1 Å². The molecule has 1 amide bonds. The van der Waals surface area contributed by atoms with E-state index in [4.69, 9.17) is 4.74 Å². The molecule has 2 N–H and O–H groups in total. The molecule has 0 aromatic rings. The molecule has 0 spiro atoms. The van der Waals surface area contributed by atoms with Crippen molar-refractivity contribution in [3.63, 3.8) is 0 Å². The second-order valence-electron chi connectivity index (χ2n) is 6.00. The molecule has 19 heavy (non-hydrogen) atoms. The van der Waals surface area contributed by atoms with Gasteiger partial charge in [0.1, 0.15) is 0 Å². The zero-order chi connectivity index (χ0) is 13.8. The zero-order valence-electron chi connectivity index (χ0n) is 12.0. The standard InChI is InChI=1S/C14H26N2O3/c1-10(2)13(15-11-4-7-19-8-5-11)14(18)16-6-3-12(17)9-16/h10-13,15,17H,3-9H2,1-2H3/t12-,13?/m1/s1. The number of nitrogens with one attached hydrogen (secondary N) is 1. The topological polar surface area (TPSA) is 61.8 Å². The number of amides is 1. The number of rotatable bonds is 4. The van der Waals surface area contributed by atoms with Crippen LogP contribution in [0.15, 0.2) is 0 Å². The van der Waals surface area contributed by atoms with Crippen molar-refractivity contribution in [2.75, 3.05) is 26.3 Å². The third-order valence-electron chi connectivity index (χ3n) is 4.04. The summed E-state index contributed by atoms with van der Waals surface area (Å²) in [5.74, 6) is 0.395. The number of likely N-dealkylation sites (tertiary alicyclic amines) is 1. The van der Waals surface area contributed by atoms with Crippen LogP contribution in [0.3, 0.4) is 0 Å². The van der Waals surface area contributed by atoms with Crippen LogP contribution in [0.25, 0.3) is 0 Å². The first-order valence-electron chi connectivity index (χ1n) is 7.38. The van der Waals surface area contributed by atoms with Gasteiger partial charge in [-0.1, -0.05) is 13.8 Å². The van der Waals surface area contributed by atoms with Gasteiger partial charge in [-0.3, -0.25) is 4.79 Å². The average Bonchev–Trinajstić information content (AvgIpc) is 2.83. The van der Waals surface area contributed by atoms with Gasteiger partial charge in [-0.25, -0.2) is 0 Å². The van der Waals surface area contributed by atoms with E-state index in [9.17, 15) is 9.90 Å². The molecule has 1 unspecified atom stereocenters.